The molecular formula is C15H19ClN4O3S. The maximum atomic E-state index is 12.3. The molecule has 0 aliphatic rings. The summed E-state index contributed by atoms with van der Waals surface area (Å²) < 4.78 is 5.15. The summed E-state index contributed by atoms with van der Waals surface area (Å²) >= 11 is 1.39. The highest BCUT2D eigenvalue weighted by atomic mass is 35.5. The van der Waals surface area contributed by atoms with E-state index in [0.29, 0.717) is 35.8 Å². The summed E-state index contributed by atoms with van der Waals surface area (Å²) in [7, 11) is 1.53. The molecule has 2 aromatic rings. The van der Waals surface area contributed by atoms with E-state index in [-0.39, 0.29) is 24.2 Å². The van der Waals surface area contributed by atoms with Crippen molar-refractivity contribution < 1.29 is 14.3 Å². The van der Waals surface area contributed by atoms with Crippen molar-refractivity contribution in [3.8, 4) is 5.75 Å². The fourth-order valence-electron chi connectivity index (χ4n) is 1.89. The number of nitrogens with one attached hydrogen (secondary N) is 2. The summed E-state index contributed by atoms with van der Waals surface area (Å²) in [4.78, 5) is 27.8. The number of thiazole rings is 1. The molecule has 0 unspecified atom stereocenters. The van der Waals surface area contributed by atoms with Crippen molar-refractivity contribution in [3.05, 3.63) is 34.3 Å². The summed E-state index contributed by atoms with van der Waals surface area (Å²) in [6.07, 6.45) is 0.633. The molecule has 0 aliphatic carbocycles. The van der Waals surface area contributed by atoms with Crippen molar-refractivity contribution in [2.75, 3.05) is 24.3 Å². The Hall–Kier alpha value is -2.16. The predicted octanol–water partition coefficient (Wildman–Crippen LogP) is 2.29. The molecule has 2 rings (SSSR count). The number of ether oxygens (including phenoxy) is 1. The predicted molar refractivity (Wildman–Crippen MR) is 97.4 cm³/mol. The molecule has 4 N–H and O–H groups in total. The van der Waals surface area contributed by atoms with E-state index < -0.39 is 0 Å². The van der Waals surface area contributed by atoms with Crippen molar-refractivity contribution in [1.82, 2.24) is 4.98 Å². The molecule has 130 valence electrons. The maximum Gasteiger partial charge on any atom is 0.275 e. The summed E-state index contributed by atoms with van der Waals surface area (Å²) in [5.74, 6) is -0.0227. The molecule has 1 aromatic heterocycles. The molecule has 0 aliphatic heterocycles. The summed E-state index contributed by atoms with van der Waals surface area (Å²) in [5, 5.41) is 7.89. The average Bonchev–Trinajstić information content (AvgIpc) is 2.97. The van der Waals surface area contributed by atoms with Gasteiger partial charge in [-0.2, -0.15) is 0 Å². The number of carbonyl (C=O) groups is 2. The Morgan fingerprint density at radius 3 is 2.67 bits per heavy atom. The van der Waals surface area contributed by atoms with Gasteiger partial charge >= 0.3 is 0 Å². The number of nitrogens with zero attached hydrogens (tertiary/aromatic N) is 1. The normalized spacial score (nSPS) is 9.79. The monoisotopic (exact) mass is 370 g/mol. The van der Waals surface area contributed by atoms with Crippen LogP contribution in [0, 0.1) is 0 Å². The van der Waals surface area contributed by atoms with Crippen LogP contribution < -0.4 is 21.1 Å². The molecule has 0 bridgehead atoms. The molecule has 1 aromatic carbocycles. The van der Waals surface area contributed by atoms with E-state index in [1.807, 2.05) is 0 Å². The Labute approximate surface area is 150 Å². The highest BCUT2D eigenvalue weighted by Crippen LogP contribution is 2.27. The highest BCUT2D eigenvalue weighted by molar-refractivity contribution is 7.09. The zero-order chi connectivity index (χ0) is 16.8. The molecule has 0 fully saturated rings. The minimum absolute atomic E-state index is 0. The van der Waals surface area contributed by atoms with Crippen LogP contribution in [0.15, 0.2) is 23.6 Å². The van der Waals surface area contributed by atoms with Crippen LogP contribution in [-0.2, 0) is 11.2 Å². The van der Waals surface area contributed by atoms with Crippen molar-refractivity contribution in [3.63, 3.8) is 0 Å². The first-order chi connectivity index (χ1) is 11.0. The number of aromatic nitrogens is 1. The van der Waals surface area contributed by atoms with E-state index >= 15 is 0 Å². The van der Waals surface area contributed by atoms with E-state index in [9.17, 15) is 9.59 Å². The third kappa shape index (κ3) is 5.19. The lowest BCUT2D eigenvalue weighted by Crippen LogP contribution is -2.16. The third-order valence-electron chi connectivity index (χ3n) is 2.93. The van der Waals surface area contributed by atoms with Crippen molar-refractivity contribution >= 4 is 46.9 Å². The van der Waals surface area contributed by atoms with Crippen LogP contribution in [0.3, 0.4) is 0 Å². The van der Waals surface area contributed by atoms with Crippen molar-refractivity contribution in [1.29, 1.82) is 0 Å². The molecule has 0 saturated carbocycles. The van der Waals surface area contributed by atoms with Gasteiger partial charge < -0.3 is 21.1 Å². The smallest absolute Gasteiger partial charge is 0.275 e. The van der Waals surface area contributed by atoms with Gasteiger partial charge in [-0.15, -0.1) is 23.7 Å². The van der Waals surface area contributed by atoms with Gasteiger partial charge in [-0.25, -0.2) is 4.98 Å². The minimum atomic E-state index is -0.357. The quantitative estimate of drug-likeness (QED) is 0.723. The van der Waals surface area contributed by atoms with Crippen LogP contribution in [0.25, 0.3) is 0 Å². The van der Waals surface area contributed by atoms with Crippen molar-refractivity contribution in [2.45, 2.75) is 13.3 Å². The highest BCUT2D eigenvalue weighted by Gasteiger charge is 2.14. The largest absolute Gasteiger partial charge is 0.497 e. The minimum Gasteiger partial charge on any atom is -0.497 e. The van der Waals surface area contributed by atoms with E-state index in [1.165, 1.54) is 25.4 Å². The number of benzene rings is 1. The van der Waals surface area contributed by atoms with Gasteiger partial charge in [0.2, 0.25) is 5.91 Å². The van der Waals surface area contributed by atoms with Gasteiger partial charge in [-0.3, -0.25) is 9.59 Å². The number of methoxy groups -OCH3 is 1. The molecule has 2 amide bonds. The fraction of sp³-hybridized carbons (Fsp3) is 0.267. The first-order valence-electron chi connectivity index (χ1n) is 6.95. The summed E-state index contributed by atoms with van der Waals surface area (Å²) in [5.41, 5.74) is 6.73. The first kappa shape index (κ1) is 19.9. The zero-order valence-corrected chi connectivity index (χ0v) is 14.9. The lowest BCUT2D eigenvalue weighted by atomic mass is 10.2. The number of nitrogens with two attached hydrogens (primary N) is 1. The standard InChI is InChI=1S/C15H18N4O3S.ClH/c1-9(20)17-11-4-3-10(22-2)7-12(11)19-15(21)13-8-23-14(18-13)5-6-16;/h3-4,7-8H,5-6,16H2,1-2H3,(H,17,20)(H,19,21);1H. The van der Waals surface area contributed by atoms with Gasteiger partial charge in [0.25, 0.3) is 5.91 Å². The van der Waals surface area contributed by atoms with E-state index in [0.717, 1.165) is 5.01 Å². The van der Waals surface area contributed by atoms with Crippen LogP contribution in [0.1, 0.15) is 22.4 Å². The number of hydrogen-bond donors (Lipinski definition) is 3. The number of carbonyl (C=O) groups excluding carboxylic acids is 2. The lowest BCUT2D eigenvalue weighted by molar-refractivity contribution is -0.114. The second-order valence-corrected chi connectivity index (χ2v) is 5.65. The molecule has 0 saturated heterocycles. The Kier molecular flexibility index (Phi) is 7.63. The summed E-state index contributed by atoms with van der Waals surface area (Å²) in [6, 6.07) is 5.00. The van der Waals surface area contributed by atoms with Gasteiger partial charge in [0.15, 0.2) is 0 Å². The van der Waals surface area contributed by atoms with Gasteiger partial charge in [0.05, 0.1) is 23.5 Å². The molecule has 1 heterocycles. The lowest BCUT2D eigenvalue weighted by Gasteiger charge is -2.12. The van der Waals surface area contributed by atoms with Gasteiger partial charge in [0, 0.05) is 24.8 Å². The third-order valence-corrected chi connectivity index (χ3v) is 3.84. The second-order valence-electron chi connectivity index (χ2n) is 4.71. The molecule has 0 spiro atoms. The van der Waals surface area contributed by atoms with Crippen LogP contribution in [0.4, 0.5) is 11.4 Å². The van der Waals surface area contributed by atoms with Gasteiger partial charge in [0.1, 0.15) is 11.4 Å². The molecule has 7 nitrogen and oxygen atoms in total. The molecule has 0 atom stereocenters. The van der Waals surface area contributed by atoms with E-state index in [1.54, 1.807) is 23.6 Å². The van der Waals surface area contributed by atoms with Crippen LogP contribution in [0.5, 0.6) is 5.75 Å². The molecule has 0 radical (unpaired) electrons. The van der Waals surface area contributed by atoms with Crippen LogP contribution in [-0.4, -0.2) is 30.5 Å². The number of hydrogen-bond acceptors (Lipinski definition) is 6. The van der Waals surface area contributed by atoms with Crippen LogP contribution in [0.2, 0.25) is 0 Å². The molecule has 24 heavy (non-hydrogen) atoms. The van der Waals surface area contributed by atoms with E-state index in [2.05, 4.69) is 15.6 Å². The number of halogens is 1. The van der Waals surface area contributed by atoms with Crippen LogP contribution >= 0.6 is 23.7 Å². The number of anilines is 2. The number of rotatable bonds is 6. The first-order valence-corrected chi connectivity index (χ1v) is 7.83. The zero-order valence-electron chi connectivity index (χ0n) is 13.3. The average molecular weight is 371 g/mol. The Morgan fingerprint density at radius 2 is 2.04 bits per heavy atom. The molecular weight excluding hydrogens is 352 g/mol. The summed E-state index contributed by atoms with van der Waals surface area (Å²) in [6.45, 7) is 1.88. The molecule has 9 heteroatoms. The van der Waals surface area contributed by atoms with E-state index in [4.69, 9.17) is 10.5 Å². The van der Waals surface area contributed by atoms with Gasteiger partial charge in [-0.1, -0.05) is 0 Å². The van der Waals surface area contributed by atoms with Crippen molar-refractivity contribution in [2.24, 2.45) is 5.73 Å². The maximum absolute atomic E-state index is 12.3. The Bertz CT molecular complexity index is 720. The topological polar surface area (TPSA) is 106 Å². The Morgan fingerprint density at radius 1 is 1.29 bits per heavy atom. The van der Waals surface area contributed by atoms with Gasteiger partial charge in [-0.05, 0) is 18.7 Å². The number of amides is 2. The Balaban J connectivity index is 0.00000288. The fourth-order valence-corrected chi connectivity index (χ4v) is 2.69. The second kappa shape index (κ2) is 9.21. The SMILES string of the molecule is COc1ccc(NC(C)=O)c(NC(=O)c2csc(CCN)n2)c1.Cl.